The third kappa shape index (κ3) is 7.84. The number of likely N-dealkylation sites (N-methyl/N-ethyl adjacent to an activating group) is 1. The number of Topliss-reactive ketones (excluding diaryl/α,β-unsaturated/α-hetero) is 1. The van der Waals surface area contributed by atoms with E-state index in [1.54, 1.807) is 4.90 Å². The van der Waals surface area contributed by atoms with E-state index in [9.17, 15) is 32.4 Å². The van der Waals surface area contributed by atoms with Crippen molar-refractivity contribution in [1.29, 1.82) is 0 Å². The maximum absolute atomic E-state index is 14.7. The van der Waals surface area contributed by atoms with Crippen LogP contribution in [0.4, 0.5) is 4.79 Å². The zero-order valence-electron chi connectivity index (χ0n) is 30.5. The van der Waals surface area contributed by atoms with Crippen molar-refractivity contribution in [3.8, 4) is 12.3 Å². The minimum absolute atomic E-state index is 0.0685. The number of ketones is 1. The van der Waals surface area contributed by atoms with Gasteiger partial charge >= 0.3 is 6.03 Å². The smallest absolute Gasteiger partial charge is 0.315 e. The van der Waals surface area contributed by atoms with Crippen LogP contribution in [0.1, 0.15) is 78.1 Å². The summed E-state index contributed by atoms with van der Waals surface area (Å²) in [5, 5.41) is 11.4. The number of hydrogen-bond acceptors (Lipinski definition) is 7. The fourth-order valence-corrected chi connectivity index (χ4v) is 10.4. The number of terminal acetylenes is 1. The van der Waals surface area contributed by atoms with Crippen LogP contribution in [-0.4, -0.2) is 104 Å². The van der Waals surface area contributed by atoms with Gasteiger partial charge in [-0.25, -0.2) is 17.5 Å². The van der Waals surface area contributed by atoms with Crippen LogP contribution in [0, 0.1) is 53.3 Å². The molecule has 0 spiro atoms. The standard InChI is InChI=1S/C37H56N6O7S/c1-7-9-18-27(32(44)34(46)38-19-8-2)39-33(45)31-26-17-13-16-25(26)20-43(31)35(47)30(24-14-11-10-12-15-24)41-36(48)40-28(21-42(5)51(6,49)50)37-22(3)29(37)23(37)4/h1,8,22-31H,2,9-21H2,3-6H3,(H,38,46)(H,39,45)(H2,40,41,48)/t22?,23?,25-,26-,27?,28+,29?,30-,31-,37?/m0/s1. The van der Waals surface area contributed by atoms with Gasteiger partial charge in [0.1, 0.15) is 12.1 Å². The summed E-state index contributed by atoms with van der Waals surface area (Å²) < 4.78 is 26.0. The fraction of sp³-hybridized carbons (Fsp3) is 0.757. The average Bonchev–Trinajstić information content (AvgIpc) is 3.73. The molecular formula is C37H56N6O7S. The Labute approximate surface area is 302 Å². The molecule has 5 fully saturated rings. The molecular weight excluding hydrogens is 673 g/mol. The van der Waals surface area contributed by atoms with Crippen LogP contribution in [0.15, 0.2) is 12.7 Å². The Balaban J connectivity index is 1.36. The van der Waals surface area contributed by atoms with Crippen molar-refractivity contribution in [3.63, 3.8) is 0 Å². The largest absolute Gasteiger partial charge is 0.346 e. The number of likely N-dealkylation sites (tertiary alicyclic amines) is 1. The van der Waals surface area contributed by atoms with E-state index in [2.05, 4.69) is 47.6 Å². The summed E-state index contributed by atoms with van der Waals surface area (Å²) in [6.07, 6.45) is 15.2. The van der Waals surface area contributed by atoms with Gasteiger partial charge in [0.15, 0.2) is 0 Å². The lowest BCUT2D eigenvalue weighted by Gasteiger charge is -2.36. The van der Waals surface area contributed by atoms with Gasteiger partial charge in [-0.05, 0) is 67.6 Å². The first-order valence-corrected chi connectivity index (χ1v) is 20.5. The molecule has 0 aromatic heterocycles. The van der Waals surface area contributed by atoms with E-state index >= 15 is 0 Å². The first kappa shape index (κ1) is 38.8. The van der Waals surface area contributed by atoms with Gasteiger partial charge < -0.3 is 26.2 Å². The second kappa shape index (κ2) is 15.7. The quantitative estimate of drug-likeness (QED) is 0.107. The molecule has 282 valence electrons. The van der Waals surface area contributed by atoms with Crippen LogP contribution < -0.4 is 21.3 Å². The third-order valence-electron chi connectivity index (χ3n) is 12.9. The number of amides is 5. The molecule has 5 aliphatic rings. The van der Waals surface area contributed by atoms with Crippen molar-refractivity contribution < 1.29 is 32.4 Å². The van der Waals surface area contributed by atoms with Gasteiger partial charge in [0.25, 0.3) is 5.91 Å². The Morgan fingerprint density at radius 3 is 2.29 bits per heavy atom. The lowest BCUT2D eigenvalue weighted by atomic mass is 9.83. The van der Waals surface area contributed by atoms with E-state index in [1.165, 1.54) is 17.4 Å². The number of carbonyl (C=O) groups excluding carboxylic acids is 5. The van der Waals surface area contributed by atoms with Gasteiger partial charge in [0.05, 0.1) is 18.3 Å². The lowest BCUT2D eigenvalue weighted by molar-refractivity contribution is -0.144. The van der Waals surface area contributed by atoms with Gasteiger partial charge in [-0.15, -0.1) is 18.9 Å². The number of rotatable bonds is 16. The van der Waals surface area contributed by atoms with Crippen LogP contribution >= 0.6 is 0 Å². The topological polar surface area (TPSA) is 174 Å². The van der Waals surface area contributed by atoms with E-state index in [0.29, 0.717) is 24.3 Å². The fourth-order valence-electron chi connectivity index (χ4n) is 10.0. The normalized spacial score (nSPS) is 31.3. The molecule has 5 amide bonds. The van der Waals surface area contributed by atoms with Crippen LogP contribution in [0.3, 0.4) is 0 Å². The Hall–Kier alpha value is -3.44. The maximum atomic E-state index is 14.7. The molecule has 4 saturated carbocycles. The van der Waals surface area contributed by atoms with Crippen LogP contribution in [-0.2, 0) is 29.2 Å². The summed E-state index contributed by atoms with van der Waals surface area (Å²) in [6.45, 7) is 8.38. The molecule has 8 atom stereocenters. The first-order chi connectivity index (χ1) is 24.2. The molecule has 5 rings (SSSR count). The molecule has 51 heavy (non-hydrogen) atoms. The number of sulfonamides is 1. The van der Waals surface area contributed by atoms with Crippen LogP contribution in [0.5, 0.6) is 0 Å². The molecule has 3 unspecified atom stereocenters. The number of hydrogen-bond donors (Lipinski definition) is 4. The first-order valence-electron chi connectivity index (χ1n) is 18.6. The molecule has 1 aliphatic heterocycles. The Morgan fingerprint density at radius 1 is 1.02 bits per heavy atom. The molecule has 13 nitrogen and oxygen atoms in total. The predicted molar refractivity (Wildman–Crippen MR) is 192 cm³/mol. The molecule has 1 saturated heterocycles. The highest BCUT2D eigenvalue weighted by molar-refractivity contribution is 7.88. The van der Waals surface area contributed by atoms with Crippen molar-refractivity contribution in [2.45, 2.75) is 102 Å². The summed E-state index contributed by atoms with van der Waals surface area (Å²) in [4.78, 5) is 70.0. The maximum Gasteiger partial charge on any atom is 0.315 e. The minimum atomic E-state index is -3.49. The van der Waals surface area contributed by atoms with E-state index < -0.39 is 57.8 Å². The second-order valence-corrected chi connectivity index (χ2v) is 17.7. The summed E-state index contributed by atoms with van der Waals surface area (Å²) in [5.74, 6) is 0.939. The zero-order chi connectivity index (χ0) is 37.2. The zero-order valence-corrected chi connectivity index (χ0v) is 31.3. The van der Waals surface area contributed by atoms with Gasteiger partial charge in [-0.1, -0.05) is 45.6 Å². The van der Waals surface area contributed by atoms with Crippen molar-refractivity contribution in [2.75, 3.05) is 32.9 Å². The number of urea groups is 1. The third-order valence-corrected chi connectivity index (χ3v) is 14.2. The lowest BCUT2D eigenvalue weighted by Crippen LogP contribution is -2.61. The van der Waals surface area contributed by atoms with Crippen molar-refractivity contribution in [3.05, 3.63) is 12.7 Å². The Kier molecular flexibility index (Phi) is 11.9. The van der Waals surface area contributed by atoms with Crippen LogP contribution in [0.25, 0.3) is 0 Å². The van der Waals surface area contributed by atoms with E-state index in [-0.39, 0.29) is 55.0 Å². The van der Waals surface area contributed by atoms with Gasteiger partial charge in [-0.3, -0.25) is 19.2 Å². The van der Waals surface area contributed by atoms with Crippen LogP contribution in [0.2, 0.25) is 0 Å². The summed E-state index contributed by atoms with van der Waals surface area (Å²) in [6, 6.07) is -3.87. The Morgan fingerprint density at radius 2 is 1.71 bits per heavy atom. The molecule has 0 bridgehead atoms. The second-order valence-electron chi connectivity index (χ2n) is 15.6. The molecule has 0 aromatic rings. The summed E-state index contributed by atoms with van der Waals surface area (Å²) >= 11 is 0. The van der Waals surface area contributed by atoms with E-state index in [4.69, 9.17) is 6.42 Å². The summed E-state index contributed by atoms with van der Waals surface area (Å²) in [5.41, 5.74) is -0.174. The van der Waals surface area contributed by atoms with Gasteiger partial charge in [0.2, 0.25) is 27.6 Å². The van der Waals surface area contributed by atoms with Crippen molar-refractivity contribution >= 4 is 39.6 Å². The van der Waals surface area contributed by atoms with Gasteiger partial charge in [0, 0.05) is 38.5 Å². The Bertz CT molecular complexity index is 1530. The highest BCUT2D eigenvalue weighted by Crippen LogP contribution is 2.85. The number of fused-ring (bicyclic) bond motifs is 2. The molecule has 1 heterocycles. The minimum Gasteiger partial charge on any atom is -0.346 e. The SMILES string of the molecule is C#CCCC(NC(=O)[C@@H]1[C@H]2CCC[C@H]2CN1C(=O)[C@@H](NC(=O)N[C@H](CN(C)S(C)(=O)=O)C12C(C)C1C2C)C1CCCCC1)C(=O)C(=O)NCC=C. The number of nitrogens with one attached hydrogen (secondary N) is 4. The predicted octanol–water partition coefficient (Wildman–Crippen LogP) is 1.79. The van der Waals surface area contributed by atoms with Crippen molar-refractivity contribution in [2.24, 2.45) is 40.9 Å². The molecule has 0 aromatic carbocycles. The average molecular weight is 729 g/mol. The van der Waals surface area contributed by atoms with Gasteiger partial charge in [-0.2, -0.15) is 0 Å². The number of carbonyl (C=O) groups is 5. The molecule has 4 N–H and O–H groups in total. The van der Waals surface area contributed by atoms with Crippen molar-refractivity contribution in [1.82, 2.24) is 30.5 Å². The molecule has 14 heteroatoms. The van der Waals surface area contributed by atoms with E-state index in [0.717, 1.165) is 57.6 Å². The van der Waals surface area contributed by atoms with E-state index in [1.807, 2.05) is 0 Å². The molecule has 0 radical (unpaired) electrons. The monoisotopic (exact) mass is 728 g/mol. The molecule has 4 aliphatic carbocycles. The highest BCUT2D eigenvalue weighted by atomic mass is 32.2. The number of nitrogens with zero attached hydrogens (tertiary/aromatic N) is 2. The summed E-state index contributed by atoms with van der Waals surface area (Å²) in [7, 11) is -1.98. The highest BCUT2D eigenvalue weighted by Gasteiger charge is 2.85.